The minimum absolute atomic E-state index is 0.00440. The van der Waals surface area contributed by atoms with Crippen LogP contribution >= 0.6 is 0 Å². The van der Waals surface area contributed by atoms with Gasteiger partial charge in [-0.2, -0.15) is 0 Å². The molecule has 1 atom stereocenters. The van der Waals surface area contributed by atoms with Gasteiger partial charge in [0.1, 0.15) is 0 Å². The van der Waals surface area contributed by atoms with Crippen LogP contribution in [0.4, 0.5) is 0 Å². The van der Waals surface area contributed by atoms with Gasteiger partial charge in [-0.1, -0.05) is 37.6 Å². The number of hydrogen-bond donors (Lipinski definition) is 1. The van der Waals surface area contributed by atoms with Gasteiger partial charge >= 0.3 is 0 Å². The average molecular weight is 372 g/mol. The van der Waals surface area contributed by atoms with Crippen LogP contribution in [0.5, 0.6) is 0 Å². The summed E-state index contributed by atoms with van der Waals surface area (Å²) in [6.45, 7) is 8.51. The van der Waals surface area contributed by atoms with E-state index in [0.29, 0.717) is 12.6 Å². The lowest BCUT2D eigenvalue weighted by atomic mass is 10.0. The van der Waals surface area contributed by atoms with Crippen LogP contribution in [0.1, 0.15) is 51.2 Å². The Morgan fingerprint density at radius 1 is 1.26 bits per heavy atom. The number of nitrogens with zero attached hydrogens (tertiary/aromatic N) is 2. The van der Waals surface area contributed by atoms with Crippen molar-refractivity contribution in [2.75, 3.05) is 19.6 Å². The Kier molecular flexibility index (Phi) is 6.53. The van der Waals surface area contributed by atoms with Crippen LogP contribution in [0.25, 0.3) is 0 Å². The molecule has 2 aliphatic rings. The van der Waals surface area contributed by atoms with E-state index in [2.05, 4.69) is 55.3 Å². The van der Waals surface area contributed by atoms with Gasteiger partial charge in [0.25, 0.3) is 0 Å². The van der Waals surface area contributed by atoms with Crippen molar-refractivity contribution in [1.29, 1.82) is 0 Å². The van der Waals surface area contributed by atoms with E-state index in [9.17, 15) is 9.59 Å². The maximum absolute atomic E-state index is 13.0. The van der Waals surface area contributed by atoms with E-state index < -0.39 is 0 Å². The second-order valence-corrected chi connectivity index (χ2v) is 8.11. The Bertz CT molecular complexity index is 648. The summed E-state index contributed by atoms with van der Waals surface area (Å²) in [5.41, 5.74) is 2.76. The third-order valence-corrected chi connectivity index (χ3v) is 5.93. The number of hydrogen-bond acceptors (Lipinski definition) is 3. The fourth-order valence-electron chi connectivity index (χ4n) is 4.43. The third-order valence-electron chi connectivity index (χ3n) is 5.93. The molecule has 0 bridgehead atoms. The van der Waals surface area contributed by atoms with Crippen molar-refractivity contribution in [2.45, 2.75) is 71.0 Å². The highest BCUT2D eigenvalue weighted by molar-refractivity contribution is 5.89. The fourth-order valence-corrected chi connectivity index (χ4v) is 4.43. The lowest BCUT2D eigenvalue weighted by molar-refractivity contribution is -0.141. The number of unbranched alkanes of at least 4 members (excludes halogenated alkanes) is 1. The molecule has 1 aliphatic heterocycles. The first-order valence-corrected chi connectivity index (χ1v) is 10.4. The molecular formula is C22H33N3O2. The maximum Gasteiger partial charge on any atom is 0.237 e. The van der Waals surface area contributed by atoms with Gasteiger partial charge in [-0.05, 0) is 44.2 Å². The molecule has 3 rings (SSSR count). The van der Waals surface area contributed by atoms with Crippen LogP contribution in [0.3, 0.4) is 0 Å². The summed E-state index contributed by atoms with van der Waals surface area (Å²) in [5.74, 6) is 0.103. The molecule has 0 spiro atoms. The average Bonchev–Trinajstić information content (AvgIpc) is 3.07. The molecule has 5 nitrogen and oxygen atoms in total. The van der Waals surface area contributed by atoms with E-state index in [-0.39, 0.29) is 30.3 Å². The molecule has 1 saturated heterocycles. The molecule has 5 heteroatoms. The van der Waals surface area contributed by atoms with Crippen LogP contribution < -0.4 is 5.32 Å². The largest absolute Gasteiger partial charge is 0.353 e. The van der Waals surface area contributed by atoms with E-state index in [4.69, 9.17) is 0 Å². The Hall–Kier alpha value is -1.88. The highest BCUT2D eigenvalue weighted by Gasteiger charge is 2.38. The molecule has 1 heterocycles. The van der Waals surface area contributed by atoms with Gasteiger partial charge in [0.15, 0.2) is 0 Å². The SMILES string of the molecule is CCCCN(C(=O)C[C@H]1C(=O)NCCN1C1Cc2ccccc2C1)C(C)C. The Balaban J connectivity index is 1.71. The lowest BCUT2D eigenvalue weighted by Crippen LogP contribution is -2.60. The van der Waals surface area contributed by atoms with Gasteiger partial charge < -0.3 is 10.2 Å². The minimum atomic E-state index is -0.353. The molecule has 1 aliphatic carbocycles. The lowest BCUT2D eigenvalue weighted by Gasteiger charge is -2.40. The predicted molar refractivity (Wildman–Crippen MR) is 108 cm³/mol. The van der Waals surface area contributed by atoms with Gasteiger partial charge in [0.05, 0.1) is 12.5 Å². The van der Waals surface area contributed by atoms with E-state index in [1.807, 2.05) is 4.90 Å². The topological polar surface area (TPSA) is 52.7 Å². The molecule has 148 valence electrons. The molecular weight excluding hydrogens is 338 g/mol. The Labute approximate surface area is 163 Å². The van der Waals surface area contributed by atoms with Crippen LogP contribution in [-0.2, 0) is 22.4 Å². The zero-order valence-corrected chi connectivity index (χ0v) is 16.9. The molecule has 0 unspecified atom stereocenters. The summed E-state index contributed by atoms with van der Waals surface area (Å²) < 4.78 is 0. The molecule has 1 aromatic rings. The molecule has 27 heavy (non-hydrogen) atoms. The van der Waals surface area contributed by atoms with Gasteiger partial charge in [-0.3, -0.25) is 14.5 Å². The van der Waals surface area contributed by atoms with Crippen molar-refractivity contribution in [3.05, 3.63) is 35.4 Å². The van der Waals surface area contributed by atoms with Crippen molar-refractivity contribution in [1.82, 2.24) is 15.1 Å². The molecule has 1 N–H and O–H groups in total. The molecule has 0 saturated carbocycles. The number of nitrogens with one attached hydrogen (secondary N) is 1. The first kappa shape index (κ1) is 19.9. The van der Waals surface area contributed by atoms with Crippen molar-refractivity contribution >= 4 is 11.8 Å². The normalized spacial score (nSPS) is 20.6. The summed E-state index contributed by atoms with van der Waals surface area (Å²) in [5, 5.41) is 2.97. The minimum Gasteiger partial charge on any atom is -0.353 e. The van der Waals surface area contributed by atoms with Crippen molar-refractivity contribution in [3.63, 3.8) is 0 Å². The summed E-state index contributed by atoms with van der Waals surface area (Å²) in [6.07, 6.45) is 4.28. The maximum atomic E-state index is 13.0. The van der Waals surface area contributed by atoms with Crippen LogP contribution in [-0.4, -0.2) is 59.4 Å². The highest BCUT2D eigenvalue weighted by atomic mass is 16.2. The standard InChI is InChI=1S/C22H33N3O2/c1-4-5-11-24(16(2)3)21(26)15-20-22(27)23-10-12-25(20)19-13-17-8-6-7-9-18(17)14-19/h6-9,16,19-20H,4-5,10-15H2,1-3H3,(H,23,27)/t20-/m0/s1. The summed E-state index contributed by atoms with van der Waals surface area (Å²) in [4.78, 5) is 29.9. The van der Waals surface area contributed by atoms with Crippen molar-refractivity contribution in [2.24, 2.45) is 0 Å². The third kappa shape index (κ3) is 4.52. The van der Waals surface area contributed by atoms with E-state index in [0.717, 1.165) is 38.8 Å². The molecule has 0 radical (unpaired) electrons. The number of carbonyl (C=O) groups is 2. The number of amides is 2. The van der Waals surface area contributed by atoms with Crippen molar-refractivity contribution < 1.29 is 9.59 Å². The number of rotatable bonds is 7. The van der Waals surface area contributed by atoms with E-state index >= 15 is 0 Å². The van der Waals surface area contributed by atoms with Gasteiger partial charge in [-0.15, -0.1) is 0 Å². The number of piperazine rings is 1. The fraction of sp³-hybridized carbons (Fsp3) is 0.636. The Morgan fingerprint density at radius 2 is 1.93 bits per heavy atom. The van der Waals surface area contributed by atoms with Crippen molar-refractivity contribution in [3.8, 4) is 0 Å². The van der Waals surface area contributed by atoms with Crippen LogP contribution in [0, 0.1) is 0 Å². The molecule has 0 aromatic heterocycles. The van der Waals surface area contributed by atoms with Gasteiger partial charge in [-0.25, -0.2) is 0 Å². The second-order valence-electron chi connectivity index (χ2n) is 8.11. The highest BCUT2D eigenvalue weighted by Crippen LogP contribution is 2.28. The molecule has 1 aromatic carbocycles. The summed E-state index contributed by atoms with van der Waals surface area (Å²) >= 11 is 0. The van der Waals surface area contributed by atoms with Crippen LogP contribution in [0.15, 0.2) is 24.3 Å². The first-order chi connectivity index (χ1) is 13.0. The second kappa shape index (κ2) is 8.87. The zero-order chi connectivity index (χ0) is 19.4. The monoisotopic (exact) mass is 371 g/mol. The quantitative estimate of drug-likeness (QED) is 0.801. The molecule has 2 amide bonds. The van der Waals surface area contributed by atoms with Gasteiger partial charge in [0, 0.05) is 31.7 Å². The number of benzene rings is 1. The smallest absolute Gasteiger partial charge is 0.237 e. The first-order valence-electron chi connectivity index (χ1n) is 10.4. The zero-order valence-electron chi connectivity index (χ0n) is 16.9. The summed E-state index contributed by atoms with van der Waals surface area (Å²) in [6, 6.07) is 8.66. The number of fused-ring (bicyclic) bond motifs is 1. The Morgan fingerprint density at radius 3 is 2.52 bits per heavy atom. The van der Waals surface area contributed by atoms with E-state index in [1.54, 1.807) is 0 Å². The van der Waals surface area contributed by atoms with Gasteiger partial charge in [0.2, 0.25) is 11.8 Å². The van der Waals surface area contributed by atoms with E-state index in [1.165, 1.54) is 11.1 Å². The molecule has 1 fully saturated rings. The summed E-state index contributed by atoms with van der Waals surface area (Å²) in [7, 11) is 0. The predicted octanol–water partition coefficient (Wildman–Crippen LogP) is 2.38. The number of carbonyl (C=O) groups excluding carboxylic acids is 2. The van der Waals surface area contributed by atoms with Crippen LogP contribution in [0.2, 0.25) is 0 Å².